The minimum absolute atomic E-state index is 0.217. The Morgan fingerprint density at radius 1 is 1.32 bits per heavy atom. The molecule has 19 heavy (non-hydrogen) atoms. The molecule has 106 valence electrons. The fourth-order valence-electron chi connectivity index (χ4n) is 2.65. The quantitative estimate of drug-likeness (QED) is 0.889. The van der Waals surface area contributed by atoms with E-state index in [0.717, 1.165) is 24.2 Å². The molecule has 3 heteroatoms. The molecule has 1 aliphatic carbocycles. The molecule has 0 radical (unpaired) electrons. The van der Waals surface area contributed by atoms with Crippen LogP contribution in [0.2, 0.25) is 0 Å². The summed E-state index contributed by atoms with van der Waals surface area (Å²) >= 11 is 0. The Hall–Kier alpha value is -1.09. The van der Waals surface area contributed by atoms with Gasteiger partial charge in [-0.05, 0) is 56.2 Å². The first-order valence-electron chi connectivity index (χ1n) is 7.09. The highest BCUT2D eigenvalue weighted by atomic mass is 19.1. The van der Waals surface area contributed by atoms with Crippen molar-refractivity contribution < 1.29 is 9.13 Å². The monoisotopic (exact) mass is 265 g/mol. The molecule has 0 unspecified atom stereocenters. The fraction of sp³-hybridized carbons (Fsp3) is 0.625. The van der Waals surface area contributed by atoms with Crippen molar-refractivity contribution in [3.8, 4) is 5.75 Å². The van der Waals surface area contributed by atoms with Gasteiger partial charge in [-0.3, -0.25) is 0 Å². The van der Waals surface area contributed by atoms with Gasteiger partial charge < -0.3 is 10.5 Å². The Balaban J connectivity index is 2.07. The van der Waals surface area contributed by atoms with Crippen LogP contribution in [0.15, 0.2) is 18.2 Å². The third kappa shape index (κ3) is 3.69. The summed E-state index contributed by atoms with van der Waals surface area (Å²) in [5, 5.41) is 0. The van der Waals surface area contributed by atoms with Crippen LogP contribution in [0.25, 0.3) is 0 Å². The molecular weight excluding hydrogens is 241 g/mol. The van der Waals surface area contributed by atoms with Gasteiger partial charge >= 0.3 is 0 Å². The maximum Gasteiger partial charge on any atom is 0.124 e. The van der Waals surface area contributed by atoms with Crippen LogP contribution in [-0.4, -0.2) is 6.10 Å². The number of hydrogen-bond donors (Lipinski definition) is 1. The summed E-state index contributed by atoms with van der Waals surface area (Å²) < 4.78 is 19.3. The lowest BCUT2D eigenvalue weighted by Crippen LogP contribution is -2.28. The van der Waals surface area contributed by atoms with E-state index in [1.807, 2.05) is 6.92 Å². The molecule has 0 saturated heterocycles. The molecule has 0 spiro atoms. The predicted octanol–water partition coefficient (Wildman–Crippen LogP) is 4.19. The summed E-state index contributed by atoms with van der Waals surface area (Å²) in [6.07, 6.45) is 4.69. The van der Waals surface area contributed by atoms with Crippen molar-refractivity contribution in [3.63, 3.8) is 0 Å². The third-order valence-electron chi connectivity index (χ3n) is 4.04. The zero-order valence-corrected chi connectivity index (χ0v) is 12.1. The van der Waals surface area contributed by atoms with Crippen LogP contribution in [0.3, 0.4) is 0 Å². The van der Waals surface area contributed by atoms with Crippen LogP contribution in [0.1, 0.15) is 58.1 Å². The van der Waals surface area contributed by atoms with Crippen molar-refractivity contribution in [3.05, 3.63) is 29.6 Å². The highest BCUT2D eigenvalue weighted by Gasteiger charge is 2.28. The Kier molecular flexibility index (Phi) is 4.14. The Bertz CT molecular complexity index is 432. The number of benzene rings is 1. The van der Waals surface area contributed by atoms with Gasteiger partial charge in [-0.15, -0.1) is 0 Å². The molecule has 0 amide bonds. The molecule has 1 aromatic carbocycles. The first-order chi connectivity index (χ1) is 8.87. The normalized spacial score (nSPS) is 21.1. The molecule has 0 bridgehead atoms. The lowest BCUT2D eigenvalue weighted by molar-refractivity contribution is 0.0976. The predicted molar refractivity (Wildman–Crippen MR) is 75.7 cm³/mol. The van der Waals surface area contributed by atoms with Crippen LogP contribution in [-0.2, 0) is 0 Å². The van der Waals surface area contributed by atoms with Crippen LogP contribution in [0, 0.1) is 11.2 Å². The summed E-state index contributed by atoms with van der Waals surface area (Å²) in [5.41, 5.74) is 7.06. The van der Waals surface area contributed by atoms with Crippen molar-refractivity contribution in [2.24, 2.45) is 11.1 Å². The molecule has 1 aliphatic rings. The highest BCUT2D eigenvalue weighted by molar-refractivity contribution is 5.36. The van der Waals surface area contributed by atoms with Crippen LogP contribution in [0.4, 0.5) is 4.39 Å². The largest absolute Gasteiger partial charge is 0.490 e. The maximum absolute atomic E-state index is 13.3. The van der Waals surface area contributed by atoms with E-state index in [4.69, 9.17) is 10.5 Å². The number of ether oxygens (including phenoxy) is 1. The summed E-state index contributed by atoms with van der Waals surface area (Å²) in [4.78, 5) is 0. The Morgan fingerprint density at radius 3 is 2.53 bits per heavy atom. The lowest BCUT2D eigenvalue weighted by atomic mass is 9.76. The van der Waals surface area contributed by atoms with Crippen molar-refractivity contribution in [2.45, 2.75) is 58.6 Å². The lowest BCUT2D eigenvalue weighted by Gasteiger charge is -2.34. The molecule has 1 saturated carbocycles. The molecule has 0 aromatic heterocycles. The first-order valence-corrected chi connectivity index (χ1v) is 7.09. The van der Waals surface area contributed by atoms with Crippen molar-refractivity contribution in [2.75, 3.05) is 0 Å². The van der Waals surface area contributed by atoms with Gasteiger partial charge in [0.15, 0.2) is 0 Å². The average molecular weight is 265 g/mol. The molecule has 2 N–H and O–H groups in total. The summed E-state index contributed by atoms with van der Waals surface area (Å²) in [7, 11) is 0. The Labute approximate surface area is 115 Å². The minimum Gasteiger partial charge on any atom is -0.490 e. The van der Waals surface area contributed by atoms with Gasteiger partial charge in [0.1, 0.15) is 11.6 Å². The highest BCUT2D eigenvalue weighted by Crippen LogP contribution is 2.37. The van der Waals surface area contributed by atoms with Crippen molar-refractivity contribution in [1.82, 2.24) is 0 Å². The minimum atomic E-state index is -0.260. The summed E-state index contributed by atoms with van der Waals surface area (Å²) in [5.74, 6) is 0.477. The molecule has 0 aliphatic heterocycles. The standard InChI is InChI=1S/C16H24FNO/c1-11(18)14-10-12(17)4-5-15(14)19-13-6-8-16(2,3)9-7-13/h4-5,10-11,13H,6-9,18H2,1-3H3/t11-/m1/s1. The second kappa shape index (κ2) is 5.49. The van der Waals surface area contributed by atoms with Crippen LogP contribution in [0.5, 0.6) is 5.75 Å². The number of halogens is 1. The Morgan fingerprint density at radius 2 is 1.95 bits per heavy atom. The van der Waals surface area contributed by atoms with E-state index in [0.29, 0.717) is 5.41 Å². The third-order valence-corrected chi connectivity index (χ3v) is 4.04. The second-order valence-corrected chi connectivity index (χ2v) is 6.45. The van der Waals surface area contributed by atoms with E-state index in [2.05, 4.69) is 13.8 Å². The van der Waals surface area contributed by atoms with E-state index in [1.165, 1.54) is 25.0 Å². The van der Waals surface area contributed by atoms with E-state index in [-0.39, 0.29) is 18.0 Å². The molecular formula is C16H24FNO. The zero-order valence-electron chi connectivity index (χ0n) is 12.1. The number of hydrogen-bond acceptors (Lipinski definition) is 2. The van der Waals surface area contributed by atoms with E-state index < -0.39 is 0 Å². The zero-order chi connectivity index (χ0) is 14.0. The van der Waals surface area contributed by atoms with Gasteiger partial charge in [0.2, 0.25) is 0 Å². The van der Waals surface area contributed by atoms with Gasteiger partial charge in [0.05, 0.1) is 6.10 Å². The van der Waals surface area contributed by atoms with E-state index in [1.54, 1.807) is 6.07 Å². The fourth-order valence-corrected chi connectivity index (χ4v) is 2.65. The molecule has 2 rings (SSSR count). The van der Waals surface area contributed by atoms with Gasteiger partial charge in [0.25, 0.3) is 0 Å². The van der Waals surface area contributed by atoms with E-state index >= 15 is 0 Å². The van der Waals surface area contributed by atoms with Gasteiger partial charge in [-0.1, -0.05) is 13.8 Å². The molecule has 1 atom stereocenters. The number of rotatable bonds is 3. The van der Waals surface area contributed by atoms with Gasteiger partial charge in [0, 0.05) is 11.6 Å². The SMILES string of the molecule is C[C@@H](N)c1cc(F)ccc1OC1CCC(C)(C)CC1. The van der Waals surface area contributed by atoms with Crippen molar-refractivity contribution in [1.29, 1.82) is 0 Å². The molecule has 2 nitrogen and oxygen atoms in total. The molecule has 1 aromatic rings. The maximum atomic E-state index is 13.3. The average Bonchev–Trinajstić information content (AvgIpc) is 2.33. The molecule has 0 heterocycles. The van der Waals surface area contributed by atoms with Crippen molar-refractivity contribution >= 4 is 0 Å². The first kappa shape index (κ1) is 14.3. The van der Waals surface area contributed by atoms with E-state index in [9.17, 15) is 4.39 Å². The molecule has 1 fully saturated rings. The summed E-state index contributed by atoms with van der Waals surface area (Å²) in [6, 6.07) is 4.40. The van der Waals surface area contributed by atoms with Gasteiger partial charge in [-0.25, -0.2) is 4.39 Å². The second-order valence-electron chi connectivity index (χ2n) is 6.45. The summed E-state index contributed by atoms with van der Waals surface area (Å²) in [6.45, 7) is 6.45. The van der Waals surface area contributed by atoms with Crippen LogP contribution < -0.4 is 10.5 Å². The smallest absolute Gasteiger partial charge is 0.124 e. The number of nitrogens with two attached hydrogens (primary N) is 1. The van der Waals surface area contributed by atoms with Crippen LogP contribution >= 0.6 is 0 Å². The van der Waals surface area contributed by atoms with Gasteiger partial charge in [-0.2, -0.15) is 0 Å². The topological polar surface area (TPSA) is 35.2 Å².